The Morgan fingerprint density at radius 2 is 0.753 bits per heavy atom. The van der Waals surface area contributed by atoms with Gasteiger partial charge in [0.15, 0.2) is 0 Å². The Bertz CT molecular complexity index is 1480. The fraction of sp³-hybridized carbons (Fsp3) is 0.809. The third-order valence-corrected chi connectivity index (χ3v) is 15.6. The summed E-state index contributed by atoms with van der Waals surface area (Å²) in [5.41, 5.74) is 0. The number of nitrogens with one attached hydrogen (secondary N) is 1. The Morgan fingerprint density at radius 1 is 0.442 bits per heavy atom. The highest BCUT2D eigenvalue weighted by Gasteiger charge is 2.27. The molecule has 3 N–H and O–H groups in total. The average Bonchev–Trinajstić information content (AvgIpc) is 3.39. The van der Waals surface area contributed by atoms with Crippen LogP contribution >= 0.6 is 7.82 Å². The molecule has 0 heterocycles. The topological polar surface area (TPSA) is 105 Å². The minimum absolute atomic E-state index is 0.0529. The van der Waals surface area contributed by atoms with Gasteiger partial charge in [-0.1, -0.05) is 286 Å². The Labute approximate surface area is 478 Å². The van der Waals surface area contributed by atoms with Crippen LogP contribution in [0.5, 0.6) is 0 Å². The van der Waals surface area contributed by atoms with Gasteiger partial charge in [0, 0.05) is 6.42 Å². The molecule has 0 saturated carbocycles. The number of phosphoric ester groups is 1. The van der Waals surface area contributed by atoms with Gasteiger partial charge in [0.25, 0.3) is 0 Å². The molecule has 77 heavy (non-hydrogen) atoms. The van der Waals surface area contributed by atoms with Crippen LogP contribution in [0.1, 0.15) is 303 Å². The van der Waals surface area contributed by atoms with Crippen molar-refractivity contribution < 1.29 is 32.9 Å². The minimum Gasteiger partial charge on any atom is -0.387 e. The zero-order valence-electron chi connectivity index (χ0n) is 51.4. The maximum atomic E-state index is 13.0. The first-order valence-electron chi connectivity index (χ1n) is 32.8. The molecule has 0 radical (unpaired) electrons. The lowest BCUT2D eigenvalue weighted by Gasteiger charge is -2.25. The third-order valence-electron chi connectivity index (χ3n) is 14.6. The molecule has 8 nitrogen and oxygen atoms in total. The number of aliphatic hydroxyl groups is 1. The van der Waals surface area contributed by atoms with E-state index >= 15 is 0 Å². The predicted octanol–water partition coefficient (Wildman–Crippen LogP) is 20.6. The van der Waals surface area contributed by atoms with E-state index in [9.17, 15) is 19.4 Å². The highest BCUT2D eigenvalue weighted by atomic mass is 31.2. The molecule has 9 heteroatoms. The van der Waals surface area contributed by atoms with Crippen molar-refractivity contribution in [1.82, 2.24) is 5.32 Å². The zero-order valence-corrected chi connectivity index (χ0v) is 52.3. The molecule has 3 unspecified atom stereocenters. The second-order valence-electron chi connectivity index (χ2n) is 23.5. The van der Waals surface area contributed by atoms with E-state index in [2.05, 4.69) is 79.9 Å². The summed E-state index contributed by atoms with van der Waals surface area (Å²) < 4.78 is 23.7. The summed E-state index contributed by atoms with van der Waals surface area (Å²) >= 11 is 0. The van der Waals surface area contributed by atoms with E-state index in [0.717, 1.165) is 57.8 Å². The molecular weight excluding hydrogens is 972 g/mol. The summed E-state index contributed by atoms with van der Waals surface area (Å²) in [5, 5.41) is 13.9. The van der Waals surface area contributed by atoms with Gasteiger partial charge in [0.2, 0.25) is 5.91 Å². The molecule has 0 aliphatic carbocycles. The molecule has 450 valence electrons. The van der Waals surface area contributed by atoms with Crippen LogP contribution < -0.4 is 5.32 Å². The number of phosphoric acid groups is 1. The lowest BCUT2D eigenvalue weighted by Crippen LogP contribution is -2.45. The van der Waals surface area contributed by atoms with E-state index < -0.39 is 20.0 Å². The summed E-state index contributed by atoms with van der Waals surface area (Å²) in [6.07, 6.45) is 81.9. The van der Waals surface area contributed by atoms with Crippen molar-refractivity contribution in [2.45, 2.75) is 315 Å². The van der Waals surface area contributed by atoms with Gasteiger partial charge in [-0.3, -0.25) is 13.8 Å². The number of carbonyl (C=O) groups excluding carboxylic acids is 1. The van der Waals surface area contributed by atoms with Gasteiger partial charge in [0.1, 0.15) is 13.2 Å². The fourth-order valence-electron chi connectivity index (χ4n) is 9.50. The molecule has 0 aromatic rings. The van der Waals surface area contributed by atoms with Crippen molar-refractivity contribution in [2.75, 3.05) is 40.9 Å². The summed E-state index contributed by atoms with van der Waals surface area (Å²) in [5.74, 6) is -0.188. The number of hydrogen-bond acceptors (Lipinski definition) is 5. The van der Waals surface area contributed by atoms with Crippen molar-refractivity contribution in [1.29, 1.82) is 0 Å². The van der Waals surface area contributed by atoms with Gasteiger partial charge in [-0.25, -0.2) is 4.57 Å². The number of aliphatic hydroxyl groups excluding tert-OH is 1. The molecule has 0 aliphatic rings. The quantitative estimate of drug-likeness (QED) is 0.0243. The molecule has 0 aliphatic heterocycles. The standard InChI is InChI=1S/C68H127N2O6P/c1-6-8-10-12-14-16-18-20-22-24-26-27-28-29-30-31-32-33-34-35-36-37-38-39-40-41-42-43-44-46-48-50-52-54-56-58-60-62-68(72)69-66(65-76-77(73,74)75-64-63-70(3,4)5)67(71)61-59-57-55-53-51-49-47-45-25-23-21-19-17-15-13-11-9-7-2/h18,20,24-26,28-29,45,51,53,59,61,66-67,71H,6-17,19,21-23,27,30-44,46-50,52,54-58,60,62-65H2,1-5H3,(H-,69,72,73,74)/p+1/b20-18-,26-24-,29-28-,45-25+,53-51+,61-59+. The first kappa shape index (κ1) is 74.9. The molecule has 0 bridgehead atoms. The molecule has 0 saturated heterocycles. The Kier molecular flexibility index (Phi) is 57.0. The molecule has 0 spiro atoms. The number of allylic oxidation sites excluding steroid dienone is 11. The Balaban J connectivity index is 4.02. The largest absolute Gasteiger partial charge is 0.472 e. The first-order chi connectivity index (χ1) is 37.5. The summed E-state index contributed by atoms with van der Waals surface area (Å²) in [7, 11) is 1.55. The number of amides is 1. The monoisotopic (exact) mass is 1100 g/mol. The smallest absolute Gasteiger partial charge is 0.387 e. The number of hydrogen-bond donors (Lipinski definition) is 3. The number of carbonyl (C=O) groups is 1. The normalized spacial score (nSPS) is 14.2. The number of nitrogens with zero attached hydrogens (tertiary/aromatic N) is 1. The van der Waals surface area contributed by atoms with E-state index in [-0.39, 0.29) is 19.1 Å². The number of rotatable bonds is 60. The summed E-state index contributed by atoms with van der Waals surface area (Å²) in [4.78, 5) is 23.3. The molecule has 1 amide bonds. The number of quaternary nitrogens is 1. The fourth-order valence-corrected chi connectivity index (χ4v) is 10.2. The van der Waals surface area contributed by atoms with Gasteiger partial charge in [-0.15, -0.1) is 0 Å². The predicted molar refractivity (Wildman–Crippen MR) is 337 cm³/mol. The zero-order chi connectivity index (χ0) is 56.3. The maximum Gasteiger partial charge on any atom is 0.472 e. The van der Waals surface area contributed by atoms with E-state index in [1.165, 1.54) is 225 Å². The van der Waals surface area contributed by atoms with Crippen LogP contribution in [0.15, 0.2) is 72.9 Å². The molecule has 0 fully saturated rings. The summed E-state index contributed by atoms with van der Waals surface area (Å²) in [6, 6.07) is -0.871. The van der Waals surface area contributed by atoms with Crippen LogP contribution in [0, 0.1) is 0 Å². The van der Waals surface area contributed by atoms with Crippen molar-refractivity contribution in [3.8, 4) is 0 Å². The van der Waals surface area contributed by atoms with Gasteiger partial charge < -0.3 is 19.8 Å². The lowest BCUT2D eigenvalue weighted by molar-refractivity contribution is -0.870. The van der Waals surface area contributed by atoms with Crippen LogP contribution in [0.4, 0.5) is 0 Å². The van der Waals surface area contributed by atoms with Crippen LogP contribution in [0.25, 0.3) is 0 Å². The van der Waals surface area contributed by atoms with Crippen LogP contribution in [-0.4, -0.2) is 73.4 Å². The van der Waals surface area contributed by atoms with E-state index in [4.69, 9.17) is 9.05 Å². The Hall–Kier alpha value is -2.06. The molecule has 0 aromatic carbocycles. The average molecular weight is 1100 g/mol. The van der Waals surface area contributed by atoms with Gasteiger partial charge in [-0.2, -0.15) is 0 Å². The number of unbranched alkanes of at least 4 members (excludes halogenated alkanes) is 37. The van der Waals surface area contributed by atoms with Crippen LogP contribution in [-0.2, 0) is 18.4 Å². The van der Waals surface area contributed by atoms with E-state index in [0.29, 0.717) is 17.4 Å². The number of likely N-dealkylation sites (N-methyl/N-ethyl adjacent to an activating group) is 1. The molecule has 0 aromatic heterocycles. The van der Waals surface area contributed by atoms with Crippen molar-refractivity contribution in [3.05, 3.63) is 72.9 Å². The molecule has 3 atom stereocenters. The van der Waals surface area contributed by atoms with Gasteiger partial charge >= 0.3 is 7.82 Å². The highest BCUT2D eigenvalue weighted by Crippen LogP contribution is 2.43. The third kappa shape index (κ3) is 61.4. The van der Waals surface area contributed by atoms with Crippen LogP contribution in [0.3, 0.4) is 0 Å². The van der Waals surface area contributed by atoms with Crippen molar-refractivity contribution in [3.63, 3.8) is 0 Å². The van der Waals surface area contributed by atoms with Crippen molar-refractivity contribution >= 4 is 13.7 Å². The highest BCUT2D eigenvalue weighted by molar-refractivity contribution is 7.47. The van der Waals surface area contributed by atoms with Gasteiger partial charge in [-0.05, 0) is 83.5 Å². The minimum atomic E-state index is -4.36. The molecule has 0 rings (SSSR count). The Morgan fingerprint density at radius 3 is 1.13 bits per heavy atom. The second-order valence-corrected chi connectivity index (χ2v) is 24.9. The maximum absolute atomic E-state index is 13.0. The lowest BCUT2D eigenvalue weighted by atomic mass is 10.0. The van der Waals surface area contributed by atoms with E-state index in [1.54, 1.807) is 6.08 Å². The van der Waals surface area contributed by atoms with Crippen molar-refractivity contribution in [2.24, 2.45) is 0 Å². The molecular formula is C68H128N2O6P+. The summed E-state index contributed by atoms with van der Waals surface area (Å²) in [6.45, 7) is 4.79. The second kappa shape index (κ2) is 58.6. The van der Waals surface area contributed by atoms with Gasteiger partial charge in [0.05, 0.1) is 39.9 Å². The SMILES string of the molecule is CCCCCCC/C=C\C/C=C\C/C=C\CCCCCCCCCCCCCCCCCCCCCCCCC(=O)NC(COP(=O)(O)OCC[N+](C)(C)C)C(O)/C=C/CC/C=C/CC/C=C/CCCCCCCCCC. The van der Waals surface area contributed by atoms with E-state index in [1.807, 2.05) is 27.2 Å². The van der Waals surface area contributed by atoms with Crippen LogP contribution in [0.2, 0.25) is 0 Å². The first-order valence-corrected chi connectivity index (χ1v) is 34.3.